The van der Waals surface area contributed by atoms with E-state index >= 15 is 0 Å². The minimum absolute atomic E-state index is 0.0537. The van der Waals surface area contributed by atoms with E-state index in [1.807, 2.05) is 30.6 Å². The van der Waals surface area contributed by atoms with Crippen LogP contribution < -0.4 is 5.32 Å². The molecule has 1 fully saturated rings. The molecule has 1 aromatic carbocycles. The Hall–Kier alpha value is -1.88. The highest BCUT2D eigenvalue weighted by Crippen LogP contribution is 2.30. The van der Waals surface area contributed by atoms with Gasteiger partial charge in [0.2, 0.25) is 0 Å². The molecule has 0 radical (unpaired) electrons. The molecule has 1 amide bonds. The maximum Gasteiger partial charge on any atom is 0.257 e. The molecule has 0 unspecified atom stereocenters. The van der Waals surface area contributed by atoms with Gasteiger partial charge in [-0.2, -0.15) is 0 Å². The molecule has 0 spiro atoms. The standard InChI is InChI=1S/C19H23ClFN3O/c1-19(2,21)18(25)23-15-7-9-16(10-8-15)24-11-17(22-12-24)13-3-5-14(20)6-4-13/h3-6,11-12,15-16H,7-10H2,1-2H3,(H,23,25). The third-order valence-electron chi connectivity index (χ3n) is 4.74. The van der Waals surface area contributed by atoms with Crippen LogP contribution in [0.3, 0.4) is 0 Å². The number of carbonyl (C=O) groups is 1. The van der Waals surface area contributed by atoms with Crippen molar-refractivity contribution in [3.63, 3.8) is 0 Å². The normalized spacial score (nSPS) is 21.1. The summed E-state index contributed by atoms with van der Waals surface area (Å²) in [7, 11) is 0. The van der Waals surface area contributed by atoms with E-state index < -0.39 is 11.6 Å². The summed E-state index contributed by atoms with van der Waals surface area (Å²) in [6, 6.07) is 8.05. The van der Waals surface area contributed by atoms with Crippen LogP contribution in [0.2, 0.25) is 5.02 Å². The number of hydrogen-bond acceptors (Lipinski definition) is 2. The van der Waals surface area contributed by atoms with Crippen LogP contribution in [-0.2, 0) is 4.79 Å². The van der Waals surface area contributed by atoms with Crippen molar-refractivity contribution in [3.05, 3.63) is 41.8 Å². The summed E-state index contributed by atoms with van der Waals surface area (Å²) in [6.07, 6.45) is 7.49. The second-order valence-electron chi connectivity index (χ2n) is 7.16. The first-order chi connectivity index (χ1) is 11.8. The number of imidazole rings is 1. The SMILES string of the molecule is CC(C)(F)C(=O)NC1CCC(n2cnc(-c3ccc(Cl)cc3)c2)CC1. The van der Waals surface area contributed by atoms with E-state index in [9.17, 15) is 9.18 Å². The van der Waals surface area contributed by atoms with Gasteiger partial charge in [0.05, 0.1) is 12.0 Å². The quantitative estimate of drug-likeness (QED) is 0.866. The lowest BCUT2D eigenvalue weighted by Crippen LogP contribution is -2.45. The molecule has 1 saturated carbocycles. The Balaban J connectivity index is 1.58. The van der Waals surface area contributed by atoms with Gasteiger partial charge in [0.15, 0.2) is 5.67 Å². The lowest BCUT2D eigenvalue weighted by atomic mass is 9.90. The van der Waals surface area contributed by atoms with E-state index in [1.54, 1.807) is 0 Å². The Kier molecular flexibility index (Phi) is 5.13. The lowest BCUT2D eigenvalue weighted by molar-refractivity contribution is -0.131. The number of benzene rings is 1. The van der Waals surface area contributed by atoms with Crippen LogP contribution in [0.25, 0.3) is 11.3 Å². The van der Waals surface area contributed by atoms with Gasteiger partial charge < -0.3 is 9.88 Å². The summed E-state index contributed by atoms with van der Waals surface area (Å²) in [5.41, 5.74) is 0.134. The van der Waals surface area contributed by atoms with Crippen molar-refractivity contribution in [1.82, 2.24) is 14.9 Å². The molecule has 2 aromatic rings. The molecule has 6 heteroatoms. The number of hydrogen-bond donors (Lipinski definition) is 1. The summed E-state index contributed by atoms with van der Waals surface area (Å²) >= 11 is 5.92. The molecule has 1 aromatic heterocycles. The number of carbonyl (C=O) groups excluding carboxylic acids is 1. The zero-order valence-corrected chi connectivity index (χ0v) is 15.3. The van der Waals surface area contributed by atoms with Gasteiger partial charge in [-0.3, -0.25) is 4.79 Å². The summed E-state index contributed by atoms with van der Waals surface area (Å²) in [5.74, 6) is -0.524. The fourth-order valence-electron chi connectivity index (χ4n) is 3.18. The van der Waals surface area contributed by atoms with Crippen molar-refractivity contribution in [2.45, 2.75) is 57.3 Å². The predicted octanol–water partition coefficient (Wildman–Crippen LogP) is 4.55. The molecule has 0 bridgehead atoms. The number of amides is 1. The Bertz CT molecular complexity index is 728. The second kappa shape index (κ2) is 7.16. The fourth-order valence-corrected chi connectivity index (χ4v) is 3.31. The van der Waals surface area contributed by atoms with Crippen LogP contribution in [0.4, 0.5) is 4.39 Å². The molecule has 4 nitrogen and oxygen atoms in total. The molecule has 0 aliphatic heterocycles. The summed E-state index contributed by atoms with van der Waals surface area (Å²) in [4.78, 5) is 16.2. The van der Waals surface area contributed by atoms with Gasteiger partial charge in [-0.15, -0.1) is 0 Å². The van der Waals surface area contributed by atoms with Gasteiger partial charge in [-0.05, 0) is 51.7 Å². The van der Waals surface area contributed by atoms with Crippen molar-refractivity contribution in [2.24, 2.45) is 0 Å². The first kappa shape index (κ1) is 17.9. The molecule has 1 heterocycles. The van der Waals surface area contributed by atoms with E-state index in [-0.39, 0.29) is 6.04 Å². The smallest absolute Gasteiger partial charge is 0.257 e. The zero-order chi connectivity index (χ0) is 18.0. The minimum Gasteiger partial charge on any atom is -0.351 e. The fraction of sp³-hybridized carbons (Fsp3) is 0.474. The molecule has 1 aliphatic rings. The Labute approximate surface area is 152 Å². The van der Waals surface area contributed by atoms with Gasteiger partial charge in [0.1, 0.15) is 0 Å². The molecular weight excluding hydrogens is 341 g/mol. The first-order valence-electron chi connectivity index (χ1n) is 8.62. The number of halogens is 2. The van der Waals surface area contributed by atoms with E-state index in [1.165, 1.54) is 13.8 Å². The topological polar surface area (TPSA) is 46.9 Å². The van der Waals surface area contributed by atoms with E-state index in [0.29, 0.717) is 11.1 Å². The zero-order valence-electron chi connectivity index (χ0n) is 14.5. The van der Waals surface area contributed by atoms with Crippen molar-refractivity contribution in [2.75, 3.05) is 0 Å². The van der Waals surface area contributed by atoms with Crippen LogP contribution in [0.5, 0.6) is 0 Å². The van der Waals surface area contributed by atoms with Crippen molar-refractivity contribution < 1.29 is 9.18 Å². The Morgan fingerprint density at radius 3 is 2.48 bits per heavy atom. The summed E-state index contributed by atoms with van der Waals surface area (Å²) in [6.45, 7) is 2.58. The third kappa shape index (κ3) is 4.40. The van der Waals surface area contributed by atoms with Crippen molar-refractivity contribution >= 4 is 17.5 Å². The Morgan fingerprint density at radius 2 is 1.88 bits per heavy atom. The highest BCUT2D eigenvalue weighted by molar-refractivity contribution is 6.30. The van der Waals surface area contributed by atoms with Crippen LogP contribution in [0.15, 0.2) is 36.8 Å². The van der Waals surface area contributed by atoms with Gasteiger partial charge in [-0.25, -0.2) is 9.37 Å². The van der Waals surface area contributed by atoms with Gasteiger partial charge in [-0.1, -0.05) is 23.7 Å². The second-order valence-corrected chi connectivity index (χ2v) is 7.60. The average Bonchev–Trinajstić information content (AvgIpc) is 3.05. The molecule has 25 heavy (non-hydrogen) atoms. The van der Waals surface area contributed by atoms with Crippen molar-refractivity contribution in [3.8, 4) is 11.3 Å². The molecule has 134 valence electrons. The molecule has 0 saturated heterocycles. The highest BCUT2D eigenvalue weighted by atomic mass is 35.5. The van der Waals surface area contributed by atoms with Crippen LogP contribution in [0, 0.1) is 0 Å². The maximum absolute atomic E-state index is 13.6. The van der Waals surface area contributed by atoms with Crippen molar-refractivity contribution in [1.29, 1.82) is 0 Å². The Morgan fingerprint density at radius 1 is 1.24 bits per heavy atom. The average molecular weight is 364 g/mol. The maximum atomic E-state index is 13.6. The van der Waals surface area contributed by atoms with E-state index in [2.05, 4.69) is 21.1 Å². The molecule has 0 atom stereocenters. The third-order valence-corrected chi connectivity index (χ3v) is 4.99. The largest absolute Gasteiger partial charge is 0.351 e. The van der Waals surface area contributed by atoms with Gasteiger partial charge in [0, 0.05) is 28.9 Å². The van der Waals surface area contributed by atoms with Crippen LogP contribution >= 0.6 is 11.6 Å². The number of nitrogens with zero attached hydrogens (tertiary/aromatic N) is 2. The number of nitrogens with one attached hydrogen (secondary N) is 1. The van der Waals surface area contributed by atoms with Gasteiger partial charge in [0.25, 0.3) is 5.91 Å². The highest BCUT2D eigenvalue weighted by Gasteiger charge is 2.30. The van der Waals surface area contributed by atoms with Gasteiger partial charge >= 0.3 is 0 Å². The number of aromatic nitrogens is 2. The van der Waals surface area contributed by atoms with E-state index in [4.69, 9.17) is 11.6 Å². The minimum atomic E-state index is -1.82. The van der Waals surface area contributed by atoms with Crippen LogP contribution in [0.1, 0.15) is 45.6 Å². The number of rotatable bonds is 4. The molecule has 1 N–H and O–H groups in total. The first-order valence-corrected chi connectivity index (χ1v) is 9.00. The monoisotopic (exact) mass is 363 g/mol. The summed E-state index contributed by atoms with van der Waals surface area (Å²) in [5, 5.41) is 3.52. The number of alkyl halides is 1. The molecule has 3 rings (SSSR count). The van der Waals surface area contributed by atoms with E-state index in [0.717, 1.165) is 36.9 Å². The lowest BCUT2D eigenvalue weighted by Gasteiger charge is -2.30. The molecular formula is C19H23ClFN3O. The molecule has 1 aliphatic carbocycles. The summed E-state index contributed by atoms with van der Waals surface area (Å²) < 4.78 is 15.8. The van der Waals surface area contributed by atoms with Crippen LogP contribution in [-0.4, -0.2) is 27.2 Å². The predicted molar refractivity (Wildman–Crippen MR) is 97.3 cm³/mol.